The number of nitrogens with one attached hydrogen (secondary N) is 2. The number of piperidine rings is 1. The molecule has 2 aliphatic rings. The zero-order valence-electron chi connectivity index (χ0n) is 21.1. The topological polar surface area (TPSA) is 113 Å². The molecule has 194 valence electrons. The third-order valence-electron chi connectivity index (χ3n) is 7.51. The lowest BCUT2D eigenvalue weighted by atomic mass is 10.0. The lowest BCUT2D eigenvalue weighted by Crippen LogP contribution is -2.46. The van der Waals surface area contributed by atoms with E-state index in [9.17, 15) is 9.59 Å². The lowest BCUT2D eigenvalue weighted by Gasteiger charge is -2.33. The summed E-state index contributed by atoms with van der Waals surface area (Å²) in [7, 11) is 0. The molecule has 0 aliphatic carbocycles. The summed E-state index contributed by atoms with van der Waals surface area (Å²) < 4.78 is 3.76. The molecule has 0 unspecified atom stereocenters. The first kappa shape index (κ1) is 23.2. The van der Waals surface area contributed by atoms with Gasteiger partial charge in [0.2, 0.25) is 0 Å². The van der Waals surface area contributed by atoms with Crippen LogP contribution >= 0.6 is 0 Å². The molecule has 5 heterocycles. The molecule has 39 heavy (non-hydrogen) atoms. The fraction of sp³-hybridized carbons (Fsp3) is 0.207. The predicted molar refractivity (Wildman–Crippen MR) is 147 cm³/mol. The number of rotatable bonds is 3. The SMILES string of the molecule is O=C(N[C@@H]1N=C(c2ccccc2)c2ccccc2-n2ccnc21)N1CCC(n2c(=O)[nH]c3ncccc32)CC1. The van der Waals surface area contributed by atoms with E-state index in [1.165, 1.54) is 0 Å². The fourth-order valence-corrected chi connectivity index (χ4v) is 5.64. The van der Waals surface area contributed by atoms with Gasteiger partial charge in [0.1, 0.15) is 0 Å². The number of carbonyl (C=O) groups is 1. The molecule has 3 aromatic heterocycles. The molecule has 0 saturated carbocycles. The maximum atomic E-state index is 13.5. The number of urea groups is 1. The van der Waals surface area contributed by atoms with Crippen molar-refractivity contribution in [3.63, 3.8) is 0 Å². The molecular weight excluding hydrogens is 492 g/mol. The van der Waals surface area contributed by atoms with Gasteiger partial charge >= 0.3 is 11.7 Å². The first-order chi connectivity index (χ1) is 19.2. The Morgan fingerprint density at radius 2 is 1.72 bits per heavy atom. The highest BCUT2D eigenvalue weighted by Gasteiger charge is 2.30. The van der Waals surface area contributed by atoms with Crippen LogP contribution in [0.3, 0.4) is 0 Å². The van der Waals surface area contributed by atoms with E-state index in [2.05, 4.69) is 20.3 Å². The van der Waals surface area contributed by atoms with Crippen molar-refractivity contribution in [3.05, 3.63) is 113 Å². The van der Waals surface area contributed by atoms with Gasteiger partial charge in [-0.2, -0.15) is 0 Å². The number of para-hydroxylation sites is 1. The largest absolute Gasteiger partial charge is 0.327 e. The van der Waals surface area contributed by atoms with E-state index >= 15 is 0 Å². The van der Waals surface area contributed by atoms with Crippen molar-refractivity contribution in [1.82, 2.24) is 34.3 Å². The second-order valence-corrected chi connectivity index (χ2v) is 9.76. The minimum atomic E-state index is -0.671. The number of nitrogens with zero attached hydrogens (tertiary/aromatic N) is 6. The van der Waals surface area contributed by atoms with Crippen LogP contribution in [0.5, 0.6) is 0 Å². The molecule has 0 bridgehead atoms. The molecule has 1 fully saturated rings. The Bertz CT molecular complexity index is 1760. The van der Waals surface area contributed by atoms with Crippen LogP contribution in [0.2, 0.25) is 0 Å². The standard InChI is InChI=1S/C29H26N8O2/c38-28(35-16-12-20(13-17-35)37-23-11-6-14-30-25(23)33-29(37)39)34-26-27-31-15-18-36(27)22-10-5-4-9-21(22)24(32-26)19-7-2-1-3-8-19/h1-11,14-15,18,20,26H,12-13,16-17H2,(H,34,38)(H,30,33,39)/t26-/m0/s1. The van der Waals surface area contributed by atoms with Crippen LogP contribution in [0.1, 0.15) is 42.0 Å². The number of H-pyrrole nitrogens is 1. The number of aromatic nitrogens is 5. The number of hydrogen-bond acceptors (Lipinski definition) is 5. The predicted octanol–water partition coefficient (Wildman–Crippen LogP) is 3.81. The van der Waals surface area contributed by atoms with Crippen molar-refractivity contribution in [1.29, 1.82) is 0 Å². The zero-order valence-corrected chi connectivity index (χ0v) is 21.1. The van der Waals surface area contributed by atoms with Crippen LogP contribution in [0.15, 0.2) is 95.1 Å². The summed E-state index contributed by atoms with van der Waals surface area (Å²) in [4.78, 5) is 44.7. The molecule has 2 amide bonds. The van der Waals surface area contributed by atoms with Crippen molar-refractivity contribution in [2.75, 3.05) is 13.1 Å². The number of benzene rings is 2. The van der Waals surface area contributed by atoms with E-state index in [0.717, 1.165) is 28.0 Å². The Balaban J connectivity index is 1.15. The number of imidazole rings is 2. The Hall–Kier alpha value is -4.99. The van der Waals surface area contributed by atoms with Gasteiger partial charge in [0.05, 0.1) is 16.9 Å². The minimum Gasteiger partial charge on any atom is -0.325 e. The number of amides is 2. The molecular formula is C29H26N8O2. The summed E-state index contributed by atoms with van der Waals surface area (Å²) in [6, 6.07) is 21.6. The highest BCUT2D eigenvalue weighted by molar-refractivity contribution is 6.15. The van der Waals surface area contributed by atoms with Crippen LogP contribution < -0.4 is 11.0 Å². The number of aliphatic imine (C=N–C) groups is 1. The summed E-state index contributed by atoms with van der Waals surface area (Å²) >= 11 is 0. The number of likely N-dealkylation sites (tertiary alicyclic amines) is 1. The highest BCUT2D eigenvalue weighted by atomic mass is 16.2. The first-order valence-electron chi connectivity index (χ1n) is 13.0. The molecule has 2 N–H and O–H groups in total. The number of hydrogen-bond donors (Lipinski definition) is 2. The van der Waals surface area contributed by atoms with Gasteiger partial charge in [-0.1, -0.05) is 48.5 Å². The number of fused-ring (bicyclic) bond motifs is 4. The average Bonchev–Trinajstić information content (AvgIpc) is 3.57. The monoisotopic (exact) mass is 518 g/mol. The van der Waals surface area contributed by atoms with Crippen molar-refractivity contribution in [3.8, 4) is 5.69 Å². The summed E-state index contributed by atoms with van der Waals surface area (Å²) in [5, 5.41) is 3.13. The van der Waals surface area contributed by atoms with Crippen molar-refractivity contribution in [2.24, 2.45) is 4.99 Å². The molecule has 5 aromatic rings. The van der Waals surface area contributed by atoms with E-state index < -0.39 is 6.17 Å². The molecule has 1 saturated heterocycles. The van der Waals surface area contributed by atoms with E-state index in [0.29, 0.717) is 37.4 Å². The first-order valence-corrected chi connectivity index (χ1v) is 13.0. The molecule has 0 spiro atoms. The quantitative estimate of drug-likeness (QED) is 0.378. The van der Waals surface area contributed by atoms with Crippen LogP contribution in [0, 0.1) is 0 Å². The van der Waals surface area contributed by atoms with Crippen molar-refractivity contribution >= 4 is 22.9 Å². The van der Waals surface area contributed by atoms with Crippen molar-refractivity contribution in [2.45, 2.75) is 25.0 Å². The Kier molecular flexibility index (Phi) is 5.58. The Morgan fingerprint density at radius 3 is 2.56 bits per heavy atom. The van der Waals surface area contributed by atoms with Gasteiger partial charge < -0.3 is 10.2 Å². The third kappa shape index (κ3) is 4.01. The van der Waals surface area contributed by atoms with E-state index in [1.807, 2.05) is 77.5 Å². The second kappa shape index (κ2) is 9.39. The molecule has 1 atom stereocenters. The van der Waals surface area contributed by atoms with Crippen LogP contribution in [-0.2, 0) is 0 Å². The van der Waals surface area contributed by atoms with Gasteiger partial charge in [-0.3, -0.25) is 19.1 Å². The summed E-state index contributed by atoms with van der Waals surface area (Å²) in [5.74, 6) is 0.648. The summed E-state index contributed by atoms with van der Waals surface area (Å²) in [6.45, 7) is 1.04. The van der Waals surface area contributed by atoms with Gasteiger partial charge in [0, 0.05) is 48.8 Å². The summed E-state index contributed by atoms with van der Waals surface area (Å²) in [6.07, 6.45) is 5.95. The maximum absolute atomic E-state index is 13.5. The van der Waals surface area contributed by atoms with Crippen LogP contribution in [-0.4, -0.2) is 53.8 Å². The number of pyridine rings is 1. The van der Waals surface area contributed by atoms with E-state index in [4.69, 9.17) is 4.99 Å². The molecule has 0 radical (unpaired) electrons. The van der Waals surface area contributed by atoms with Gasteiger partial charge in [-0.05, 0) is 31.0 Å². The van der Waals surface area contributed by atoms with E-state index in [-0.39, 0.29) is 17.8 Å². The third-order valence-corrected chi connectivity index (χ3v) is 7.51. The molecule has 2 aliphatic heterocycles. The number of carbonyl (C=O) groups excluding carboxylic acids is 1. The van der Waals surface area contributed by atoms with Crippen molar-refractivity contribution < 1.29 is 4.79 Å². The van der Waals surface area contributed by atoms with Gasteiger partial charge in [-0.15, -0.1) is 0 Å². The van der Waals surface area contributed by atoms with E-state index in [1.54, 1.807) is 21.9 Å². The Morgan fingerprint density at radius 1 is 0.923 bits per heavy atom. The molecule has 10 heteroatoms. The van der Waals surface area contributed by atoms with Crippen LogP contribution in [0.4, 0.5) is 4.79 Å². The van der Waals surface area contributed by atoms with Gasteiger partial charge in [0.15, 0.2) is 17.6 Å². The smallest absolute Gasteiger partial charge is 0.325 e. The highest BCUT2D eigenvalue weighted by Crippen LogP contribution is 2.30. The lowest BCUT2D eigenvalue weighted by molar-refractivity contribution is 0.168. The minimum absolute atomic E-state index is 0.00603. The van der Waals surface area contributed by atoms with Crippen LogP contribution in [0.25, 0.3) is 16.9 Å². The average molecular weight is 519 g/mol. The van der Waals surface area contributed by atoms with Gasteiger partial charge in [-0.25, -0.2) is 19.6 Å². The molecule has 2 aromatic carbocycles. The molecule has 10 nitrogen and oxygen atoms in total. The maximum Gasteiger partial charge on any atom is 0.327 e. The molecule has 7 rings (SSSR count). The fourth-order valence-electron chi connectivity index (χ4n) is 5.64. The van der Waals surface area contributed by atoms with Gasteiger partial charge in [0.25, 0.3) is 0 Å². The normalized spacial score (nSPS) is 17.3. The Labute approximate surface area is 223 Å². The second-order valence-electron chi connectivity index (χ2n) is 9.76. The zero-order chi connectivity index (χ0) is 26.3. The summed E-state index contributed by atoms with van der Waals surface area (Å²) in [5.41, 5.74) is 4.90. The number of aromatic amines is 1.